The zero-order valence-corrected chi connectivity index (χ0v) is 12.8. The van der Waals surface area contributed by atoms with Gasteiger partial charge in [-0.15, -0.1) is 11.3 Å². The number of fused-ring (bicyclic) bond motifs is 1. The van der Waals surface area contributed by atoms with Crippen molar-refractivity contribution >= 4 is 28.3 Å². The van der Waals surface area contributed by atoms with E-state index in [1.54, 1.807) is 12.4 Å². The second kappa shape index (κ2) is 5.66. The number of amides is 1. The molecule has 0 aliphatic heterocycles. The van der Waals surface area contributed by atoms with Crippen LogP contribution < -0.4 is 4.80 Å². The molecule has 3 aromatic heterocycles. The fourth-order valence-electron chi connectivity index (χ4n) is 2.42. The van der Waals surface area contributed by atoms with Crippen LogP contribution in [0.2, 0.25) is 0 Å². The van der Waals surface area contributed by atoms with Crippen molar-refractivity contribution in [3.8, 4) is 5.69 Å². The third-order valence-electron chi connectivity index (χ3n) is 3.50. The molecule has 1 amide bonds. The van der Waals surface area contributed by atoms with E-state index < -0.39 is 0 Å². The first-order valence-electron chi connectivity index (χ1n) is 7.06. The third kappa shape index (κ3) is 2.49. The van der Waals surface area contributed by atoms with Crippen LogP contribution in [0.4, 0.5) is 0 Å². The fourth-order valence-corrected chi connectivity index (χ4v) is 3.14. The molecular weight excluding hydrogens is 308 g/mol. The average molecular weight is 320 g/mol. The number of aromatic amines is 1. The van der Waals surface area contributed by atoms with Crippen LogP contribution in [0, 0.1) is 0 Å². The van der Waals surface area contributed by atoms with E-state index in [9.17, 15) is 4.79 Å². The molecular formula is C17H12N4OS. The number of thiazole rings is 1. The van der Waals surface area contributed by atoms with Gasteiger partial charge in [0.25, 0.3) is 5.91 Å². The molecule has 0 saturated carbocycles. The number of H-pyrrole nitrogens is 1. The van der Waals surface area contributed by atoms with Gasteiger partial charge in [-0.1, -0.05) is 18.2 Å². The molecule has 0 spiro atoms. The highest BCUT2D eigenvalue weighted by atomic mass is 32.1. The summed E-state index contributed by atoms with van der Waals surface area (Å²) in [4.78, 5) is 24.7. The van der Waals surface area contributed by atoms with Crippen LogP contribution in [-0.2, 0) is 0 Å². The van der Waals surface area contributed by atoms with E-state index in [1.807, 2.05) is 58.6 Å². The molecule has 5 nitrogen and oxygen atoms in total. The predicted molar refractivity (Wildman–Crippen MR) is 89.6 cm³/mol. The lowest BCUT2D eigenvalue weighted by molar-refractivity contribution is 0.0999. The minimum Gasteiger partial charge on any atom is -0.345 e. The van der Waals surface area contributed by atoms with Crippen molar-refractivity contribution in [2.75, 3.05) is 0 Å². The van der Waals surface area contributed by atoms with Gasteiger partial charge < -0.3 is 4.98 Å². The van der Waals surface area contributed by atoms with Crippen LogP contribution in [0.3, 0.4) is 0 Å². The summed E-state index contributed by atoms with van der Waals surface area (Å²) in [5.41, 5.74) is 2.19. The first-order chi connectivity index (χ1) is 11.3. The van der Waals surface area contributed by atoms with Crippen LogP contribution in [0.25, 0.3) is 16.7 Å². The number of carbonyl (C=O) groups excluding carboxylic acids is 1. The van der Waals surface area contributed by atoms with Crippen molar-refractivity contribution in [1.82, 2.24) is 14.5 Å². The van der Waals surface area contributed by atoms with Gasteiger partial charge in [-0.3, -0.25) is 9.36 Å². The number of hydrogen-bond donors (Lipinski definition) is 1. The van der Waals surface area contributed by atoms with Gasteiger partial charge in [0.1, 0.15) is 5.65 Å². The molecule has 3 heterocycles. The number of rotatable bonds is 2. The number of para-hydroxylation sites is 1. The van der Waals surface area contributed by atoms with Gasteiger partial charge in [-0.05, 0) is 24.3 Å². The Balaban J connectivity index is 1.80. The molecule has 0 saturated heterocycles. The van der Waals surface area contributed by atoms with E-state index in [-0.39, 0.29) is 5.91 Å². The molecule has 4 rings (SSSR count). The van der Waals surface area contributed by atoms with Crippen LogP contribution in [0.15, 0.2) is 71.4 Å². The van der Waals surface area contributed by atoms with E-state index in [2.05, 4.69) is 15.0 Å². The standard InChI is InChI=1S/C17H12N4OS/c22-16(14-11-19-15-13(14)7-4-8-18-15)20-17-21(9-10-23-17)12-5-2-1-3-6-12/h1-11H,(H,18,19). The van der Waals surface area contributed by atoms with Crippen molar-refractivity contribution < 1.29 is 4.79 Å². The summed E-state index contributed by atoms with van der Waals surface area (Å²) in [5, 5.41) is 2.69. The molecule has 0 unspecified atom stereocenters. The molecule has 0 fully saturated rings. The van der Waals surface area contributed by atoms with Crippen molar-refractivity contribution in [3.05, 3.63) is 76.8 Å². The Kier molecular flexibility index (Phi) is 3.36. The number of nitrogens with zero attached hydrogens (tertiary/aromatic N) is 3. The summed E-state index contributed by atoms with van der Waals surface area (Å²) in [6.07, 6.45) is 5.25. The minimum absolute atomic E-state index is 0.281. The van der Waals surface area contributed by atoms with Gasteiger partial charge in [0.05, 0.1) is 5.56 Å². The molecule has 0 aliphatic carbocycles. The second-order valence-corrected chi connectivity index (χ2v) is 5.78. The van der Waals surface area contributed by atoms with Gasteiger partial charge >= 0.3 is 0 Å². The molecule has 1 N–H and O–H groups in total. The lowest BCUT2D eigenvalue weighted by atomic mass is 10.2. The number of nitrogens with one attached hydrogen (secondary N) is 1. The molecule has 0 atom stereocenters. The number of aromatic nitrogens is 3. The van der Waals surface area contributed by atoms with Crippen LogP contribution in [-0.4, -0.2) is 20.4 Å². The number of pyridine rings is 1. The summed E-state index contributed by atoms with van der Waals surface area (Å²) in [5.74, 6) is -0.281. The average Bonchev–Trinajstić information content (AvgIpc) is 3.22. The maximum absolute atomic E-state index is 12.5. The minimum atomic E-state index is -0.281. The zero-order chi connectivity index (χ0) is 15.6. The Hall–Kier alpha value is -2.99. The van der Waals surface area contributed by atoms with Crippen molar-refractivity contribution in [3.63, 3.8) is 0 Å². The third-order valence-corrected chi connectivity index (χ3v) is 4.26. The smallest absolute Gasteiger partial charge is 0.281 e. The van der Waals surface area contributed by atoms with Crippen LogP contribution in [0.1, 0.15) is 10.4 Å². The normalized spacial score (nSPS) is 11.9. The Labute approximate surface area is 135 Å². The van der Waals surface area contributed by atoms with Gasteiger partial charge in [-0.25, -0.2) is 4.98 Å². The molecule has 0 radical (unpaired) electrons. The van der Waals surface area contributed by atoms with E-state index >= 15 is 0 Å². The highest BCUT2D eigenvalue weighted by Crippen LogP contribution is 2.16. The van der Waals surface area contributed by atoms with Gasteiger partial charge in [0, 0.05) is 35.0 Å². The first kappa shape index (κ1) is 13.7. The number of hydrogen-bond acceptors (Lipinski definition) is 3. The van der Waals surface area contributed by atoms with Crippen LogP contribution >= 0.6 is 11.3 Å². The van der Waals surface area contributed by atoms with E-state index in [4.69, 9.17) is 0 Å². The second-order valence-electron chi connectivity index (χ2n) is 4.91. The van der Waals surface area contributed by atoms with Gasteiger partial charge in [-0.2, -0.15) is 4.99 Å². The van der Waals surface area contributed by atoms with E-state index in [1.165, 1.54) is 11.3 Å². The molecule has 0 bridgehead atoms. The summed E-state index contributed by atoms with van der Waals surface area (Å²) in [6, 6.07) is 13.5. The summed E-state index contributed by atoms with van der Waals surface area (Å²) < 4.78 is 1.90. The predicted octanol–water partition coefficient (Wildman–Crippen LogP) is 3.16. The molecule has 23 heavy (non-hydrogen) atoms. The topological polar surface area (TPSA) is 63.0 Å². The summed E-state index contributed by atoms with van der Waals surface area (Å²) in [6.45, 7) is 0. The monoisotopic (exact) mass is 320 g/mol. The number of benzene rings is 1. The van der Waals surface area contributed by atoms with Crippen LogP contribution in [0.5, 0.6) is 0 Å². The maximum atomic E-state index is 12.5. The Morgan fingerprint density at radius 2 is 2.04 bits per heavy atom. The highest BCUT2D eigenvalue weighted by molar-refractivity contribution is 7.07. The quantitative estimate of drug-likeness (QED) is 0.616. The first-order valence-corrected chi connectivity index (χ1v) is 7.93. The zero-order valence-electron chi connectivity index (χ0n) is 12.0. The largest absolute Gasteiger partial charge is 0.345 e. The lowest BCUT2D eigenvalue weighted by Gasteiger charge is -2.01. The highest BCUT2D eigenvalue weighted by Gasteiger charge is 2.12. The van der Waals surface area contributed by atoms with Gasteiger partial charge in [0.2, 0.25) is 0 Å². The molecule has 1 aromatic carbocycles. The summed E-state index contributed by atoms with van der Waals surface area (Å²) in [7, 11) is 0. The van der Waals surface area contributed by atoms with E-state index in [0.29, 0.717) is 16.0 Å². The molecule has 4 aromatic rings. The van der Waals surface area contributed by atoms with E-state index in [0.717, 1.165) is 11.1 Å². The maximum Gasteiger partial charge on any atom is 0.281 e. The molecule has 112 valence electrons. The Morgan fingerprint density at radius 3 is 2.91 bits per heavy atom. The van der Waals surface area contributed by atoms with Crippen molar-refractivity contribution in [1.29, 1.82) is 0 Å². The SMILES string of the molecule is O=C(N=c1sccn1-c1ccccc1)c1c[nH]c2ncccc12. The Bertz CT molecular complexity index is 1040. The van der Waals surface area contributed by atoms with Crippen molar-refractivity contribution in [2.24, 2.45) is 4.99 Å². The molecule has 0 aliphatic rings. The fraction of sp³-hybridized carbons (Fsp3) is 0. The number of carbonyl (C=O) groups is 1. The van der Waals surface area contributed by atoms with Gasteiger partial charge in [0.15, 0.2) is 4.80 Å². The van der Waals surface area contributed by atoms with Crippen molar-refractivity contribution in [2.45, 2.75) is 0 Å². The lowest BCUT2D eigenvalue weighted by Crippen LogP contribution is -2.14. The summed E-state index contributed by atoms with van der Waals surface area (Å²) >= 11 is 1.43. The Morgan fingerprint density at radius 1 is 1.17 bits per heavy atom. The molecule has 6 heteroatoms.